The maximum atomic E-state index is 4.93. The average molecular weight is 488 g/mol. The Balaban J connectivity index is 1.40. The predicted molar refractivity (Wildman–Crippen MR) is 145 cm³/mol. The van der Waals surface area contributed by atoms with Gasteiger partial charge in [0.25, 0.3) is 0 Å². The zero-order chi connectivity index (χ0) is 25.6. The first-order chi connectivity index (χ1) is 17.9. The Hall–Kier alpha value is -4.92. The normalized spacial score (nSPS) is 11.8. The Bertz CT molecular complexity index is 1760. The maximum absolute atomic E-state index is 4.93. The van der Waals surface area contributed by atoms with Crippen LogP contribution in [0.4, 0.5) is 5.69 Å². The van der Waals surface area contributed by atoms with Gasteiger partial charge in [0.15, 0.2) is 11.5 Å². The second-order valence-corrected chi connectivity index (χ2v) is 9.86. The molecule has 0 aliphatic heterocycles. The fourth-order valence-electron chi connectivity index (χ4n) is 4.00. The van der Waals surface area contributed by atoms with Gasteiger partial charge in [0.1, 0.15) is 11.0 Å². The molecule has 6 aromatic rings. The maximum Gasteiger partial charge on any atom is 0.161 e. The van der Waals surface area contributed by atoms with Gasteiger partial charge in [0, 0.05) is 47.0 Å². The van der Waals surface area contributed by atoms with Crippen molar-refractivity contribution in [2.75, 3.05) is 5.32 Å². The van der Waals surface area contributed by atoms with Crippen LogP contribution in [0.15, 0.2) is 79.7 Å². The predicted octanol–water partition coefficient (Wildman–Crippen LogP) is 5.99. The van der Waals surface area contributed by atoms with Crippen molar-refractivity contribution in [3.8, 4) is 34.0 Å². The van der Waals surface area contributed by atoms with Crippen LogP contribution in [0.3, 0.4) is 0 Å². The minimum atomic E-state index is -0.0712. The molecule has 0 amide bonds. The minimum absolute atomic E-state index is 0.0712. The first-order valence-electron chi connectivity index (χ1n) is 11.9. The monoisotopic (exact) mass is 487 g/mol. The third-order valence-corrected chi connectivity index (χ3v) is 6.22. The van der Waals surface area contributed by atoms with Crippen molar-refractivity contribution in [1.82, 2.24) is 40.1 Å². The molecule has 6 rings (SSSR count). The summed E-state index contributed by atoms with van der Waals surface area (Å²) in [5.74, 6) is 0.615. The van der Waals surface area contributed by atoms with Crippen molar-refractivity contribution >= 4 is 27.8 Å². The molecule has 0 aromatic carbocycles. The number of aromatic nitrogens is 8. The Labute approximate surface area is 213 Å². The minimum Gasteiger partial charge on any atom is -0.358 e. The van der Waals surface area contributed by atoms with E-state index in [1.165, 1.54) is 0 Å². The SMILES string of the molecule is C=C(Nc1cncc(-c2ccc3[nH]nc(-c4nc5c(-c6ccncc6)nccc5[nH]4)c3n2)c1)C(C)(C)C. The average Bonchev–Trinajstić information content (AvgIpc) is 3.52. The molecule has 0 saturated heterocycles. The molecule has 0 unspecified atom stereocenters. The standard InChI is InChI=1S/C28H25N9/c1-16(28(2,3)4)32-19-13-18(14-30-15-19)20-5-6-22-25(33-20)26(37-36-22)27-34-21-9-12-31-23(24(21)35-27)17-7-10-29-11-8-17/h5-15,32H,1H2,2-4H3,(H,34,35)(H,36,37). The number of nitrogens with one attached hydrogen (secondary N) is 3. The second-order valence-electron chi connectivity index (χ2n) is 9.86. The van der Waals surface area contributed by atoms with Gasteiger partial charge in [-0.15, -0.1) is 0 Å². The van der Waals surface area contributed by atoms with Crippen LogP contribution in [0.5, 0.6) is 0 Å². The van der Waals surface area contributed by atoms with Crippen molar-refractivity contribution in [1.29, 1.82) is 0 Å². The van der Waals surface area contributed by atoms with Crippen LogP contribution in [0, 0.1) is 5.41 Å². The molecule has 6 heterocycles. The summed E-state index contributed by atoms with van der Waals surface area (Å²) in [6.07, 6.45) is 8.84. The van der Waals surface area contributed by atoms with Gasteiger partial charge in [-0.1, -0.05) is 27.4 Å². The number of pyridine rings is 4. The molecule has 182 valence electrons. The van der Waals surface area contributed by atoms with Crippen molar-refractivity contribution in [3.63, 3.8) is 0 Å². The van der Waals surface area contributed by atoms with Gasteiger partial charge in [-0.05, 0) is 36.4 Å². The molecule has 0 aliphatic carbocycles. The Morgan fingerprint density at radius 2 is 1.65 bits per heavy atom. The number of H-pyrrole nitrogens is 2. The summed E-state index contributed by atoms with van der Waals surface area (Å²) in [6, 6.07) is 11.7. The highest BCUT2D eigenvalue weighted by Gasteiger charge is 2.18. The van der Waals surface area contributed by atoms with Crippen LogP contribution in [-0.4, -0.2) is 40.1 Å². The molecule has 0 radical (unpaired) electrons. The molecular formula is C28H25N9. The quantitative estimate of drug-likeness (QED) is 0.273. The summed E-state index contributed by atoms with van der Waals surface area (Å²) in [7, 11) is 0. The first-order valence-corrected chi connectivity index (χ1v) is 11.9. The van der Waals surface area contributed by atoms with E-state index < -0.39 is 0 Å². The Kier molecular flexibility index (Phi) is 5.26. The highest BCUT2D eigenvalue weighted by molar-refractivity contribution is 5.95. The van der Waals surface area contributed by atoms with Crippen LogP contribution in [0.25, 0.3) is 56.1 Å². The van der Waals surface area contributed by atoms with Crippen molar-refractivity contribution in [2.45, 2.75) is 20.8 Å². The number of rotatable bonds is 5. The van der Waals surface area contributed by atoms with E-state index in [0.29, 0.717) is 17.0 Å². The van der Waals surface area contributed by atoms with E-state index in [-0.39, 0.29) is 5.41 Å². The lowest BCUT2D eigenvalue weighted by atomic mass is 9.93. The van der Waals surface area contributed by atoms with Crippen LogP contribution >= 0.6 is 0 Å². The number of fused-ring (bicyclic) bond motifs is 2. The van der Waals surface area contributed by atoms with Gasteiger partial charge in [0.05, 0.1) is 34.3 Å². The van der Waals surface area contributed by atoms with E-state index >= 15 is 0 Å². The van der Waals surface area contributed by atoms with E-state index in [4.69, 9.17) is 9.97 Å². The molecule has 0 spiro atoms. The summed E-state index contributed by atoms with van der Waals surface area (Å²) < 4.78 is 0. The fourth-order valence-corrected chi connectivity index (χ4v) is 4.00. The second kappa shape index (κ2) is 8.63. The zero-order valence-electron chi connectivity index (χ0n) is 20.7. The molecule has 0 saturated carbocycles. The molecule has 0 aliphatic rings. The van der Waals surface area contributed by atoms with Gasteiger partial charge in [-0.25, -0.2) is 9.97 Å². The Morgan fingerprint density at radius 1 is 0.838 bits per heavy atom. The van der Waals surface area contributed by atoms with Gasteiger partial charge >= 0.3 is 0 Å². The number of aromatic amines is 2. The van der Waals surface area contributed by atoms with E-state index in [2.05, 4.69) is 62.8 Å². The van der Waals surface area contributed by atoms with Crippen molar-refractivity contribution in [3.05, 3.63) is 79.7 Å². The summed E-state index contributed by atoms with van der Waals surface area (Å²) in [6.45, 7) is 10.5. The first kappa shape index (κ1) is 22.5. The summed E-state index contributed by atoms with van der Waals surface area (Å²) >= 11 is 0. The summed E-state index contributed by atoms with van der Waals surface area (Å²) in [5.41, 5.74) is 8.89. The number of hydrogen-bond acceptors (Lipinski definition) is 7. The van der Waals surface area contributed by atoms with Crippen LogP contribution in [-0.2, 0) is 0 Å². The van der Waals surface area contributed by atoms with E-state index in [1.54, 1.807) is 31.0 Å². The lowest BCUT2D eigenvalue weighted by Crippen LogP contribution is -2.15. The molecule has 6 aromatic heterocycles. The third kappa shape index (κ3) is 4.20. The van der Waals surface area contributed by atoms with Crippen LogP contribution in [0.2, 0.25) is 0 Å². The highest BCUT2D eigenvalue weighted by atomic mass is 15.2. The van der Waals surface area contributed by atoms with Crippen molar-refractivity contribution in [2.24, 2.45) is 5.41 Å². The van der Waals surface area contributed by atoms with Gasteiger partial charge in [0.2, 0.25) is 0 Å². The lowest BCUT2D eigenvalue weighted by molar-refractivity contribution is 0.509. The molecule has 9 nitrogen and oxygen atoms in total. The lowest BCUT2D eigenvalue weighted by Gasteiger charge is -2.23. The third-order valence-electron chi connectivity index (χ3n) is 6.22. The molecule has 0 atom stereocenters. The van der Waals surface area contributed by atoms with Crippen LogP contribution in [0.1, 0.15) is 20.8 Å². The van der Waals surface area contributed by atoms with E-state index in [0.717, 1.165) is 50.4 Å². The molecule has 9 heteroatoms. The number of imidazole rings is 1. The molecule has 0 bridgehead atoms. The molecule has 3 N–H and O–H groups in total. The number of allylic oxidation sites excluding steroid dienone is 1. The number of anilines is 1. The van der Waals surface area contributed by atoms with Gasteiger partial charge in [-0.3, -0.25) is 20.1 Å². The Morgan fingerprint density at radius 3 is 2.46 bits per heavy atom. The van der Waals surface area contributed by atoms with E-state index in [9.17, 15) is 0 Å². The smallest absolute Gasteiger partial charge is 0.161 e. The fraction of sp³-hybridized carbons (Fsp3) is 0.143. The molecule has 0 fully saturated rings. The van der Waals surface area contributed by atoms with E-state index in [1.807, 2.05) is 36.4 Å². The van der Waals surface area contributed by atoms with Gasteiger partial charge in [-0.2, -0.15) is 5.10 Å². The molecule has 37 heavy (non-hydrogen) atoms. The highest BCUT2D eigenvalue weighted by Crippen LogP contribution is 2.31. The zero-order valence-corrected chi connectivity index (χ0v) is 20.7. The number of nitrogens with zero attached hydrogens (tertiary/aromatic N) is 6. The molecular weight excluding hydrogens is 462 g/mol. The van der Waals surface area contributed by atoms with Crippen molar-refractivity contribution < 1.29 is 0 Å². The summed E-state index contributed by atoms with van der Waals surface area (Å²) in [4.78, 5) is 26.3. The summed E-state index contributed by atoms with van der Waals surface area (Å²) in [5, 5.41) is 11.0. The topological polar surface area (TPSA) is 121 Å². The largest absolute Gasteiger partial charge is 0.358 e. The van der Waals surface area contributed by atoms with Gasteiger partial charge < -0.3 is 10.3 Å². The van der Waals surface area contributed by atoms with Crippen LogP contribution < -0.4 is 5.32 Å². The number of hydrogen-bond donors (Lipinski definition) is 3.